The average Bonchev–Trinajstić information content (AvgIpc) is 3.36. The van der Waals surface area contributed by atoms with Crippen LogP contribution in [0.2, 0.25) is 0 Å². The lowest BCUT2D eigenvalue weighted by atomic mass is 10.0. The number of carbonyl (C=O) groups excluding carboxylic acids is 2. The van der Waals surface area contributed by atoms with Crippen molar-refractivity contribution < 1.29 is 23.9 Å². The molecule has 1 saturated carbocycles. The van der Waals surface area contributed by atoms with Crippen LogP contribution in [0.1, 0.15) is 56.4 Å². The minimum Gasteiger partial charge on any atom is -0.475 e. The van der Waals surface area contributed by atoms with E-state index in [1.807, 2.05) is 0 Å². The van der Waals surface area contributed by atoms with E-state index in [1.165, 1.54) is 22.8 Å². The van der Waals surface area contributed by atoms with Crippen LogP contribution in [-0.2, 0) is 11.8 Å². The van der Waals surface area contributed by atoms with Crippen LogP contribution in [0.4, 0.5) is 10.1 Å². The second-order valence-corrected chi connectivity index (χ2v) is 6.62. The van der Waals surface area contributed by atoms with Crippen molar-refractivity contribution in [3.63, 3.8) is 0 Å². The molecule has 0 saturated heterocycles. The summed E-state index contributed by atoms with van der Waals surface area (Å²) in [6, 6.07) is 4.24. The molecule has 3 rings (SSSR count). The minimum atomic E-state index is -1.56. The van der Waals surface area contributed by atoms with Crippen LogP contribution in [0.5, 0.6) is 0 Å². The molecule has 0 bridgehead atoms. The zero-order valence-electron chi connectivity index (χ0n) is 14.7. The molecule has 2 N–H and O–H groups in total. The van der Waals surface area contributed by atoms with Crippen molar-refractivity contribution in [1.29, 1.82) is 0 Å². The lowest BCUT2D eigenvalue weighted by Crippen LogP contribution is -2.18. The fourth-order valence-electron chi connectivity index (χ4n) is 3.31. The Labute approximate surface area is 149 Å². The molecule has 0 unspecified atom stereocenters. The number of Topliss-reactive ketones (excluding diaryl/α,β-unsaturated/α-hetero) is 1. The highest BCUT2D eigenvalue weighted by Gasteiger charge is 2.36. The molecule has 0 atom stereocenters. The highest BCUT2D eigenvalue weighted by molar-refractivity contribution is 6.40. The van der Waals surface area contributed by atoms with Gasteiger partial charge in [-0.2, -0.15) is 0 Å². The first kappa shape index (κ1) is 17.8. The van der Waals surface area contributed by atoms with Crippen LogP contribution in [-0.4, -0.2) is 27.3 Å². The van der Waals surface area contributed by atoms with Gasteiger partial charge in [0.1, 0.15) is 11.5 Å². The Hall–Kier alpha value is -2.96. The van der Waals surface area contributed by atoms with Gasteiger partial charge in [-0.1, -0.05) is 0 Å². The largest absolute Gasteiger partial charge is 0.475 e. The number of aromatic nitrogens is 1. The van der Waals surface area contributed by atoms with E-state index in [4.69, 9.17) is 5.11 Å². The van der Waals surface area contributed by atoms with Gasteiger partial charge in [-0.25, -0.2) is 9.18 Å². The van der Waals surface area contributed by atoms with Crippen molar-refractivity contribution in [2.24, 2.45) is 7.05 Å². The third-order valence-electron chi connectivity index (χ3n) is 4.70. The lowest BCUT2D eigenvalue weighted by Gasteiger charge is -2.09. The number of nitrogens with zero attached hydrogens (tertiary/aromatic N) is 1. The van der Waals surface area contributed by atoms with Gasteiger partial charge < -0.3 is 15.0 Å². The van der Waals surface area contributed by atoms with Crippen LogP contribution in [0.15, 0.2) is 18.2 Å². The molecule has 2 aromatic rings. The predicted molar refractivity (Wildman–Crippen MR) is 93.2 cm³/mol. The SMILES string of the molecule is Cc1cc(NC(=O)c2c(C)c(C(=O)C(=O)O)n(C)c2C2CC2)ccc1F. The van der Waals surface area contributed by atoms with E-state index in [2.05, 4.69) is 5.32 Å². The van der Waals surface area contributed by atoms with Gasteiger partial charge in [0.05, 0.1) is 5.56 Å². The van der Waals surface area contributed by atoms with Crippen molar-refractivity contribution in [1.82, 2.24) is 4.57 Å². The van der Waals surface area contributed by atoms with Gasteiger partial charge in [0, 0.05) is 24.3 Å². The number of hydrogen-bond donors (Lipinski definition) is 2. The summed E-state index contributed by atoms with van der Waals surface area (Å²) >= 11 is 0. The van der Waals surface area contributed by atoms with E-state index in [-0.39, 0.29) is 17.4 Å². The van der Waals surface area contributed by atoms with Gasteiger partial charge in [-0.05, 0) is 56.0 Å². The number of benzene rings is 1. The summed E-state index contributed by atoms with van der Waals surface area (Å²) in [5.74, 6) is -3.27. The number of rotatable bonds is 5. The van der Waals surface area contributed by atoms with Crippen LogP contribution in [0.25, 0.3) is 0 Å². The van der Waals surface area contributed by atoms with Gasteiger partial charge in [0.25, 0.3) is 11.7 Å². The fraction of sp³-hybridized carbons (Fsp3) is 0.316. The van der Waals surface area contributed by atoms with Crippen LogP contribution in [0.3, 0.4) is 0 Å². The molecule has 1 heterocycles. The molecule has 1 aromatic heterocycles. The maximum Gasteiger partial charge on any atom is 0.378 e. The molecular weight excluding hydrogens is 339 g/mol. The van der Waals surface area contributed by atoms with Gasteiger partial charge in [-0.15, -0.1) is 0 Å². The van der Waals surface area contributed by atoms with E-state index in [1.54, 1.807) is 20.9 Å². The molecule has 136 valence electrons. The van der Waals surface area contributed by atoms with E-state index in [0.717, 1.165) is 12.8 Å². The van der Waals surface area contributed by atoms with Gasteiger partial charge in [-0.3, -0.25) is 9.59 Å². The van der Waals surface area contributed by atoms with Crippen molar-refractivity contribution in [2.45, 2.75) is 32.6 Å². The molecule has 26 heavy (non-hydrogen) atoms. The summed E-state index contributed by atoms with van der Waals surface area (Å²) in [7, 11) is 1.61. The van der Waals surface area contributed by atoms with Crippen LogP contribution in [0, 0.1) is 19.7 Å². The summed E-state index contributed by atoms with van der Waals surface area (Å²) < 4.78 is 14.9. The van der Waals surface area contributed by atoms with Gasteiger partial charge in [0.15, 0.2) is 0 Å². The molecule has 0 radical (unpaired) electrons. The number of amides is 1. The molecular formula is C19H19FN2O4. The van der Waals surface area contributed by atoms with Crippen molar-refractivity contribution >= 4 is 23.3 Å². The average molecular weight is 358 g/mol. The molecule has 7 heteroatoms. The first-order valence-corrected chi connectivity index (χ1v) is 8.26. The molecule has 1 aliphatic rings. The highest BCUT2D eigenvalue weighted by Crippen LogP contribution is 2.44. The second kappa shape index (κ2) is 6.40. The van der Waals surface area contributed by atoms with E-state index < -0.39 is 17.7 Å². The van der Waals surface area contributed by atoms with Crippen LogP contribution < -0.4 is 5.32 Å². The molecule has 1 aromatic carbocycles. The minimum absolute atomic E-state index is 0.0137. The van der Waals surface area contributed by atoms with Gasteiger partial charge in [0.2, 0.25) is 0 Å². The summed E-state index contributed by atoms with van der Waals surface area (Å²) in [6.45, 7) is 3.17. The topological polar surface area (TPSA) is 88.4 Å². The first-order chi connectivity index (χ1) is 12.2. The summed E-state index contributed by atoms with van der Waals surface area (Å²) in [6.07, 6.45) is 1.77. The Morgan fingerprint density at radius 1 is 1.23 bits per heavy atom. The zero-order valence-corrected chi connectivity index (χ0v) is 14.7. The number of hydrogen-bond acceptors (Lipinski definition) is 3. The summed E-state index contributed by atoms with van der Waals surface area (Å²) in [5, 5.41) is 11.8. The first-order valence-electron chi connectivity index (χ1n) is 8.26. The monoisotopic (exact) mass is 358 g/mol. The lowest BCUT2D eigenvalue weighted by molar-refractivity contribution is -0.131. The maximum atomic E-state index is 13.4. The standard InChI is InChI=1S/C19H19FN2O4/c1-9-8-12(6-7-13(9)20)21-18(24)14-10(2)15(17(23)19(25)26)22(3)16(14)11-4-5-11/h6-8,11H,4-5H2,1-3H3,(H,21,24)(H,25,26). The van der Waals surface area contributed by atoms with E-state index in [0.29, 0.717) is 28.1 Å². The number of anilines is 1. The second-order valence-electron chi connectivity index (χ2n) is 6.62. The Balaban J connectivity index is 2.04. The number of nitrogens with one attached hydrogen (secondary N) is 1. The Morgan fingerprint density at radius 2 is 1.88 bits per heavy atom. The third-order valence-corrected chi connectivity index (χ3v) is 4.70. The number of carbonyl (C=O) groups is 3. The quantitative estimate of drug-likeness (QED) is 0.635. The Morgan fingerprint density at radius 3 is 2.42 bits per heavy atom. The predicted octanol–water partition coefficient (Wildman–Crippen LogP) is 3.18. The third kappa shape index (κ3) is 3.00. The van der Waals surface area contributed by atoms with Crippen LogP contribution >= 0.6 is 0 Å². The van der Waals surface area contributed by atoms with E-state index >= 15 is 0 Å². The summed E-state index contributed by atoms with van der Waals surface area (Å²) in [4.78, 5) is 36.1. The number of ketones is 1. The highest BCUT2D eigenvalue weighted by atomic mass is 19.1. The number of halogens is 1. The number of aliphatic carboxylic acids is 1. The zero-order chi connectivity index (χ0) is 19.2. The van der Waals surface area contributed by atoms with Crippen molar-refractivity contribution in [3.05, 3.63) is 52.1 Å². The summed E-state index contributed by atoms with van der Waals surface area (Å²) in [5.41, 5.74) is 2.18. The normalized spacial score (nSPS) is 13.5. The maximum absolute atomic E-state index is 13.4. The molecule has 1 fully saturated rings. The molecule has 1 aliphatic carbocycles. The molecule has 6 nitrogen and oxygen atoms in total. The number of carboxylic acid groups (broad SMARTS) is 1. The van der Waals surface area contributed by atoms with Crippen molar-refractivity contribution in [3.8, 4) is 0 Å². The smallest absolute Gasteiger partial charge is 0.378 e. The van der Waals surface area contributed by atoms with Gasteiger partial charge >= 0.3 is 5.97 Å². The number of aryl methyl sites for hydroxylation is 1. The number of carboxylic acids is 1. The Bertz CT molecular complexity index is 942. The molecule has 0 aliphatic heterocycles. The van der Waals surface area contributed by atoms with Crippen molar-refractivity contribution in [2.75, 3.05) is 5.32 Å². The fourth-order valence-corrected chi connectivity index (χ4v) is 3.31. The molecule has 1 amide bonds. The molecule has 0 spiro atoms. The van der Waals surface area contributed by atoms with E-state index in [9.17, 15) is 18.8 Å². The Kier molecular flexibility index (Phi) is 4.39.